The maximum Gasteiger partial charge on any atom is 0.174 e. The van der Waals surface area contributed by atoms with Gasteiger partial charge in [-0.15, -0.1) is 0 Å². The molecule has 0 aromatic carbocycles. The van der Waals surface area contributed by atoms with E-state index in [2.05, 4.69) is 13.8 Å². The van der Waals surface area contributed by atoms with Gasteiger partial charge in [-0.05, 0) is 18.8 Å². The lowest BCUT2D eigenvalue weighted by Crippen LogP contribution is -2.56. The Bertz CT molecular complexity index is 331. The summed E-state index contributed by atoms with van der Waals surface area (Å²) in [6.07, 6.45) is 2.77. The molecule has 19 heavy (non-hydrogen) atoms. The van der Waals surface area contributed by atoms with E-state index in [1.165, 1.54) is 0 Å². The molecule has 0 bridgehead atoms. The van der Waals surface area contributed by atoms with Crippen LogP contribution in [0, 0.1) is 17.3 Å². The fourth-order valence-corrected chi connectivity index (χ4v) is 3.73. The molecular formula is C15H26O4. The summed E-state index contributed by atoms with van der Waals surface area (Å²) in [5.74, 6) is -0.0879. The molecule has 0 aromatic rings. The number of carbonyl (C=O) groups excluding carboxylic acids is 1. The van der Waals surface area contributed by atoms with Gasteiger partial charge in [0.2, 0.25) is 0 Å². The van der Waals surface area contributed by atoms with Crippen LogP contribution in [-0.2, 0) is 14.3 Å². The molecule has 1 aliphatic heterocycles. The van der Waals surface area contributed by atoms with E-state index in [-0.39, 0.29) is 29.6 Å². The number of ether oxygens (including phenoxy) is 2. The number of hydrogen-bond donors (Lipinski definition) is 1. The number of Topliss-reactive ketones (excluding diaryl/α,β-unsaturated/α-hetero) is 1. The Morgan fingerprint density at radius 3 is 2.47 bits per heavy atom. The Kier molecular flexibility index (Phi) is 4.33. The second kappa shape index (κ2) is 5.51. The van der Waals surface area contributed by atoms with Gasteiger partial charge in [0, 0.05) is 30.8 Å². The summed E-state index contributed by atoms with van der Waals surface area (Å²) >= 11 is 0. The van der Waals surface area contributed by atoms with Crippen molar-refractivity contribution < 1.29 is 19.4 Å². The van der Waals surface area contributed by atoms with Crippen LogP contribution >= 0.6 is 0 Å². The molecule has 1 heterocycles. The molecule has 2 aliphatic rings. The van der Waals surface area contributed by atoms with Gasteiger partial charge < -0.3 is 14.6 Å². The van der Waals surface area contributed by atoms with Crippen LogP contribution in [0.3, 0.4) is 0 Å². The lowest BCUT2D eigenvalue weighted by molar-refractivity contribution is -0.271. The van der Waals surface area contributed by atoms with E-state index in [1.807, 2.05) is 6.92 Å². The lowest BCUT2D eigenvalue weighted by atomic mass is 9.59. The van der Waals surface area contributed by atoms with Crippen LogP contribution in [0.1, 0.15) is 46.5 Å². The molecule has 2 fully saturated rings. The van der Waals surface area contributed by atoms with Gasteiger partial charge in [0.15, 0.2) is 5.79 Å². The smallest absolute Gasteiger partial charge is 0.174 e. The quantitative estimate of drug-likeness (QED) is 0.850. The first-order valence-electron chi connectivity index (χ1n) is 7.38. The fourth-order valence-electron chi connectivity index (χ4n) is 3.73. The molecule has 1 spiro atoms. The minimum absolute atomic E-state index is 0.00711. The third-order valence-electron chi connectivity index (χ3n) is 5.12. The summed E-state index contributed by atoms with van der Waals surface area (Å²) in [6.45, 7) is 7.55. The number of aliphatic hydroxyl groups is 1. The van der Waals surface area contributed by atoms with Gasteiger partial charge in [0.1, 0.15) is 5.78 Å². The average Bonchev–Trinajstić information content (AvgIpc) is 2.84. The number of carbonyl (C=O) groups is 1. The zero-order valence-corrected chi connectivity index (χ0v) is 12.3. The van der Waals surface area contributed by atoms with Crippen molar-refractivity contribution >= 4 is 5.78 Å². The van der Waals surface area contributed by atoms with Gasteiger partial charge in [0.05, 0.1) is 13.2 Å². The van der Waals surface area contributed by atoms with Crippen LogP contribution in [0.5, 0.6) is 0 Å². The summed E-state index contributed by atoms with van der Waals surface area (Å²) < 4.78 is 11.9. The highest BCUT2D eigenvalue weighted by Gasteiger charge is 2.58. The Balaban J connectivity index is 2.27. The minimum Gasteiger partial charge on any atom is -0.396 e. The molecule has 1 aliphatic carbocycles. The summed E-state index contributed by atoms with van der Waals surface area (Å²) in [6, 6.07) is 0. The van der Waals surface area contributed by atoms with E-state index >= 15 is 0 Å². The second-order valence-electron chi connectivity index (χ2n) is 6.34. The SMILES string of the molecule is CCC(=O)C1C[C@@H](CCO)C(C)(C)C2(C1)OCCO2. The van der Waals surface area contributed by atoms with Gasteiger partial charge in [-0.2, -0.15) is 0 Å². The van der Waals surface area contributed by atoms with Crippen molar-refractivity contribution in [2.75, 3.05) is 19.8 Å². The Morgan fingerprint density at radius 1 is 1.32 bits per heavy atom. The predicted molar refractivity (Wildman–Crippen MR) is 71.6 cm³/mol. The van der Waals surface area contributed by atoms with Crippen molar-refractivity contribution in [3.8, 4) is 0 Å². The molecule has 0 radical (unpaired) electrons. The number of hydrogen-bond acceptors (Lipinski definition) is 4. The van der Waals surface area contributed by atoms with E-state index in [0.29, 0.717) is 32.5 Å². The molecule has 1 unspecified atom stereocenters. The molecular weight excluding hydrogens is 244 g/mol. The van der Waals surface area contributed by atoms with Crippen molar-refractivity contribution in [2.24, 2.45) is 17.3 Å². The number of rotatable bonds is 4. The molecule has 1 saturated carbocycles. The molecule has 110 valence electrons. The first-order valence-corrected chi connectivity index (χ1v) is 7.38. The van der Waals surface area contributed by atoms with Crippen LogP contribution in [0.4, 0.5) is 0 Å². The molecule has 4 nitrogen and oxygen atoms in total. The third kappa shape index (κ3) is 2.46. The monoisotopic (exact) mass is 270 g/mol. The summed E-state index contributed by atoms with van der Waals surface area (Å²) in [4.78, 5) is 12.1. The van der Waals surface area contributed by atoms with E-state index in [9.17, 15) is 9.90 Å². The van der Waals surface area contributed by atoms with Crippen molar-refractivity contribution in [1.29, 1.82) is 0 Å². The van der Waals surface area contributed by atoms with Gasteiger partial charge >= 0.3 is 0 Å². The van der Waals surface area contributed by atoms with Crippen LogP contribution in [-0.4, -0.2) is 36.5 Å². The lowest BCUT2D eigenvalue weighted by Gasteiger charge is -2.52. The predicted octanol–water partition coefficient (Wildman–Crippen LogP) is 2.14. The zero-order valence-electron chi connectivity index (χ0n) is 12.3. The van der Waals surface area contributed by atoms with Gasteiger partial charge in [0.25, 0.3) is 0 Å². The van der Waals surface area contributed by atoms with E-state index in [0.717, 1.165) is 6.42 Å². The normalized spacial score (nSPS) is 32.6. The first-order chi connectivity index (χ1) is 8.97. The average molecular weight is 270 g/mol. The van der Waals surface area contributed by atoms with Gasteiger partial charge in [-0.25, -0.2) is 0 Å². The molecule has 1 saturated heterocycles. The summed E-state index contributed by atoms with van der Waals surface area (Å²) in [5.41, 5.74) is -0.170. The number of aliphatic hydroxyl groups excluding tert-OH is 1. The van der Waals surface area contributed by atoms with Crippen molar-refractivity contribution in [1.82, 2.24) is 0 Å². The van der Waals surface area contributed by atoms with E-state index in [4.69, 9.17) is 9.47 Å². The standard InChI is InChI=1S/C15H26O4/c1-4-13(17)11-9-12(5-6-16)14(2,3)15(10-11)18-7-8-19-15/h11-12,16H,4-10H2,1-3H3/t11?,12-/m1/s1. The highest BCUT2D eigenvalue weighted by molar-refractivity contribution is 5.81. The Labute approximate surface area is 115 Å². The molecule has 0 amide bonds. The van der Waals surface area contributed by atoms with Crippen LogP contribution in [0.2, 0.25) is 0 Å². The van der Waals surface area contributed by atoms with Crippen molar-refractivity contribution in [2.45, 2.75) is 52.2 Å². The number of ketones is 1. The first kappa shape index (κ1) is 14.9. The van der Waals surface area contributed by atoms with E-state index in [1.54, 1.807) is 0 Å². The Morgan fingerprint density at radius 2 is 1.95 bits per heavy atom. The minimum atomic E-state index is -0.638. The molecule has 0 aromatic heterocycles. The largest absolute Gasteiger partial charge is 0.396 e. The Hall–Kier alpha value is -0.450. The van der Waals surface area contributed by atoms with Crippen LogP contribution in [0.25, 0.3) is 0 Å². The van der Waals surface area contributed by atoms with Crippen molar-refractivity contribution in [3.05, 3.63) is 0 Å². The van der Waals surface area contributed by atoms with Crippen LogP contribution in [0.15, 0.2) is 0 Å². The molecule has 1 N–H and O–H groups in total. The summed E-state index contributed by atoms with van der Waals surface area (Å²) in [7, 11) is 0. The summed E-state index contributed by atoms with van der Waals surface area (Å²) in [5, 5.41) is 9.30. The molecule has 2 atom stereocenters. The van der Waals surface area contributed by atoms with Gasteiger partial charge in [-0.3, -0.25) is 4.79 Å². The highest BCUT2D eigenvalue weighted by Crippen LogP contribution is 2.55. The van der Waals surface area contributed by atoms with Crippen LogP contribution < -0.4 is 0 Å². The third-order valence-corrected chi connectivity index (χ3v) is 5.12. The highest BCUT2D eigenvalue weighted by atomic mass is 16.7. The zero-order chi connectivity index (χ0) is 14.1. The van der Waals surface area contributed by atoms with E-state index < -0.39 is 5.79 Å². The maximum atomic E-state index is 12.1. The molecule has 2 rings (SSSR count). The van der Waals surface area contributed by atoms with Crippen molar-refractivity contribution in [3.63, 3.8) is 0 Å². The second-order valence-corrected chi connectivity index (χ2v) is 6.34. The van der Waals surface area contributed by atoms with Gasteiger partial charge in [-0.1, -0.05) is 20.8 Å². The fraction of sp³-hybridized carbons (Fsp3) is 0.933. The topological polar surface area (TPSA) is 55.8 Å². The maximum absolute atomic E-state index is 12.1. The molecule has 4 heteroatoms.